The van der Waals surface area contributed by atoms with Gasteiger partial charge in [0.15, 0.2) is 0 Å². The van der Waals surface area contributed by atoms with E-state index in [1.165, 1.54) is 0 Å². The lowest BCUT2D eigenvalue weighted by Gasteiger charge is -2.06. The van der Waals surface area contributed by atoms with Crippen LogP contribution in [0.25, 0.3) is 11.1 Å². The van der Waals surface area contributed by atoms with Crippen LogP contribution in [0.15, 0.2) is 12.1 Å². The zero-order chi connectivity index (χ0) is 13.7. The van der Waals surface area contributed by atoms with E-state index >= 15 is 0 Å². The van der Waals surface area contributed by atoms with Crippen LogP contribution in [0.1, 0.15) is 38.8 Å². The Morgan fingerprint density at radius 3 is 1.44 bits per heavy atom. The van der Waals surface area contributed by atoms with Gasteiger partial charge in [-0.1, -0.05) is 13.8 Å². The van der Waals surface area contributed by atoms with Gasteiger partial charge in [-0.25, -0.2) is 0 Å². The van der Waals surface area contributed by atoms with E-state index in [-0.39, 0.29) is 0 Å². The fraction of sp³-hybridized carbons (Fsp3) is 0.375. The number of nitrogens with zero attached hydrogens (tertiary/aromatic N) is 2. The molecule has 0 amide bonds. The molecular weight excluding hydrogens is 220 g/mol. The third kappa shape index (κ3) is 2.60. The minimum Gasteiger partial charge on any atom is -0.193 e. The van der Waals surface area contributed by atoms with Crippen molar-refractivity contribution in [3.05, 3.63) is 33.7 Å². The van der Waals surface area contributed by atoms with E-state index in [9.17, 15) is 0 Å². The summed E-state index contributed by atoms with van der Waals surface area (Å²) in [6.07, 6.45) is 1.73. The van der Waals surface area contributed by atoms with Gasteiger partial charge in [0.2, 0.25) is 0 Å². The highest BCUT2D eigenvalue weighted by Gasteiger charge is 2.03. The Balaban J connectivity index is 3.90. The summed E-state index contributed by atoms with van der Waals surface area (Å²) in [7, 11) is 0. The number of aryl methyl sites for hydroxylation is 2. The molecular formula is C16H18N2. The van der Waals surface area contributed by atoms with Crippen molar-refractivity contribution >= 4 is 11.1 Å². The lowest BCUT2D eigenvalue weighted by atomic mass is 9.97. The Hall–Kier alpha value is -2.06. The molecule has 0 aliphatic heterocycles. The van der Waals surface area contributed by atoms with Gasteiger partial charge in [0.25, 0.3) is 0 Å². The van der Waals surface area contributed by atoms with Crippen molar-refractivity contribution in [2.24, 2.45) is 0 Å². The molecule has 0 radical (unpaired) electrons. The molecule has 0 spiro atoms. The number of hydrogen-bond donors (Lipinski definition) is 0. The predicted octanol–water partition coefficient (Wildman–Crippen LogP) is 2.20. The maximum atomic E-state index is 9.05. The van der Waals surface area contributed by atoms with E-state index < -0.39 is 0 Å². The first-order valence-electron chi connectivity index (χ1n) is 6.22. The highest BCUT2D eigenvalue weighted by molar-refractivity contribution is 5.62. The molecule has 0 saturated heterocycles. The summed E-state index contributed by atoms with van der Waals surface area (Å²) >= 11 is 0. The SMILES string of the molecule is CCc1c/c(=C(\C)C#N)c(CC)c/c1=C(\C)C#N. The van der Waals surface area contributed by atoms with Crippen LogP contribution in [0.3, 0.4) is 0 Å². The van der Waals surface area contributed by atoms with Gasteiger partial charge in [-0.15, -0.1) is 0 Å². The quantitative estimate of drug-likeness (QED) is 0.793. The molecule has 1 aromatic rings. The molecule has 2 heteroatoms. The number of rotatable bonds is 2. The third-order valence-electron chi connectivity index (χ3n) is 3.23. The highest BCUT2D eigenvalue weighted by atomic mass is 14.2. The van der Waals surface area contributed by atoms with Crippen molar-refractivity contribution < 1.29 is 0 Å². The van der Waals surface area contributed by atoms with Gasteiger partial charge in [0, 0.05) is 11.1 Å². The highest BCUT2D eigenvalue weighted by Crippen LogP contribution is 2.01. The first kappa shape index (κ1) is 14.0. The van der Waals surface area contributed by atoms with Crippen molar-refractivity contribution in [2.45, 2.75) is 40.5 Å². The Labute approximate surface area is 108 Å². The topological polar surface area (TPSA) is 47.6 Å². The van der Waals surface area contributed by atoms with Crippen molar-refractivity contribution in [3.63, 3.8) is 0 Å². The predicted molar refractivity (Wildman–Crippen MR) is 73.8 cm³/mol. The second-order valence-electron chi connectivity index (χ2n) is 4.35. The summed E-state index contributed by atoms with van der Waals surface area (Å²) in [5.74, 6) is 0. The summed E-state index contributed by atoms with van der Waals surface area (Å²) in [4.78, 5) is 0. The molecule has 18 heavy (non-hydrogen) atoms. The van der Waals surface area contributed by atoms with Gasteiger partial charge in [0.05, 0.1) is 12.1 Å². The van der Waals surface area contributed by atoms with Crippen molar-refractivity contribution in [1.82, 2.24) is 0 Å². The Kier molecular flexibility index (Phi) is 4.69. The van der Waals surface area contributed by atoms with E-state index in [1.807, 2.05) is 13.8 Å². The van der Waals surface area contributed by atoms with Gasteiger partial charge in [-0.3, -0.25) is 0 Å². The number of nitriles is 2. The summed E-state index contributed by atoms with van der Waals surface area (Å²) in [6, 6.07) is 8.56. The fourth-order valence-corrected chi connectivity index (χ4v) is 2.09. The van der Waals surface area contributed by atoms with Crippen LogP contribution in [0.5, 0.6) is 0 Å². The molecule has 1 rings (SSSR count). The van der Waals surface area contributed by atoms with Crippen molar-refractivity contribution in [2.75, 3.05) is 0 Å². The summed E-state index contributed by atoms with van der Waals surface area (Å²) in [6.45, 7) is 7.82. The fourth-order valence-electron chi connectivity index (χ4n) is 2.09. The number of hydrogen-bond acceptors (Lipinski definition) is 2. The van der Waals surface area contributed by atoms with Crippen LogP contribution in [0.2, 0.25) is 0 Å². The van der Waals surface area contributed by atoms with Crippen LogP contribution >= 0.6 is 0 Å². The van der Waals surface area contributed by atoms with Crippen LogP contribution in [0.4, 0.5) is 0 Å². The molecule has 0 saturated carbocycles. The van der Waals surface area contributed by atoms with Gasteiger partial charge in [-0.05, 0) is 60.4 Å². The molecule has 0 aliphatic rings. The van der Waals surface area contributed by atoms with E-state index in [0.29, 0.717) is 0 Å². The van der Waals surface area contributed by atoms with Crippen LogP contribution in [-0.4, -0.2) is 0 Å². The average molecular weight is 238 g/mol. The van der Waals surface area contributed by atoms with E-state index in [4.69, 9.17) is 10.5 Å². The molecule has 0 aliphatic carbocycles. The third-order valence-corrected chi connectivity index (χ3v) is 3.23. The van der Waals surface area contributed by atoms with Gasteiger partial charge >= 0.3 is 0 Å². The molecule has 0 fully saturated rings. The Morgan fingerprint density at radius 2 is 1.22 bits per heavy atom. The van der Waals surface area contributed by atoms with Crippen LogP contribution in [0, 0.1) is 22.7 Å². The zero-order valence-corrected chi connectivity index (χ0v) is 11.5. The van der Waals surface area contributed by atoms with E-state index in [2.05, 4.69) is 38.1 Å². The van der Waals surface area contributed by atoms with Gasteiger partial charge in [0.1, 0.15) is 0 Å². The van der Waals surface area contributed by atoms with E-state index in [0.717, 1.165) is 45.6 Å². The summed E-state index contributed by atoms with van der Waals surface area (Å²) in [5.41, 5.74) is 3.75. The molecule has 0 bridgehead atoms. The summed E-state index contributed by atoms with van der Waals surface area (Å²) in [5, 5.41) is 20.1. The molecule has 0 N–H and O–H groups in total. The van der Waals surface area contributed by atoms with Crippen LogP contribution in [-0.2, 0) is 12.8 Å². The van der Waals surface area contributed by atoms with Gasteiger partial charge in [-0.2, -0.15) is 10.5 Å². The smallest absolute Gasteiger partial charge is 0.0950 e. The van der Waals surface area contributed by atoms with Gasteiger partial charge < -0.3 is 0 Å². The van der Waals surface area contributed by atoms with E-state index in [1.54, 1.807) is 0 Å². The first-order valence-corrected chi connectivity index (χ1v) is 6.22. The molecule has 92 valence electrons. The monoisotopic (exact) mass is 238 g/mol. The van der Waals surface area contributed by atoms with Crippen molar-refractivity contribution in [1.29, 1.82) is 10.5 Å². The standard InChI is InChI=1S/C16H18N2/c1-5-13-7-16(12(4)10-18)14(6-2)8-15(13)11(3)9-17/h7-8H,5-6H2,1-4H3/b15-11-,16-12-. The maximum absolute atomic E-state index is 9.05. The lowest BCUT2D eigenvalue weighted by Crippen LogP contribution is -2.22. The summed E-state index contributed by atoms with van der Waals surface area (Å²) < 4.78 is 0. The second kappa shape index (κ2) is 6.03. The molecule has 0 atom stereocenters. The Morgan fingerprint density at radius 1 is 0.889 bits per heavy atom. The second-order valence-corrected chi connectivity index (χ2v) is 4.35. The lowest BCUT2D eigenvalue weighted by molar-refractivity contribution is 1.06. The molecule has 2 nitrogen and oxygen atoms in total. The van der Waals surface area contributed by atoms with Crippen molar-refractivity contribution in [3.8, 4) is 12.1 Å². The minimum atomic E-state index is 0.739. The first-order chi connectivity index (χ1) is 8.58. The molecule has 1 aromatic carbocycles. The number of benzene rings is 1. The molecule has 0 aromatic heterocycles. The Bertz CT molecular complexity index is 592. The minimum absolute atomic E-state index is 0.739. The largest absolute Gasteiger partial charge is 0.193 e. The van der Waals surface area contributed by atoms with Crippen LogP contribution < -0.4 is 10.4 Å². The zero-order valence-electron chi connectivity index (χ0n) is 11.5. The average Bonchev–Trinajstić information content (AvgIpc) is 2.43. The molecule has 0 heterocycles. The normalized spacial score (nSPS) is 13.4. The maximum Gasteiger partial charge on any atom is 0.0950 e. The molecule has 0 unspecified atom stereocenters.